The van der Waals surface area contributed by atoms with Crippen LogP contribution in [0.15, 0.2) is 42.5 Å². The number of amides is 4. The number of imide groups is 1. The summed E-state index contributed by atoms with van der Waals surface area (Å²) in [6.45, 7) is 0.119. The van der Waals surface area contributed by atoms with E-state index in [0.29, 0.717) is 24.3 Å². The van der Waals surface area contributed by atoms with Crippen molar-refractivity contribution in [3.05, 3.63) is 59.2 Å². The number of nitrogens with zero attached hydrogens (tertiary/aromatic N) is 1. The lowest BCUT2D eigenvalue weighted by Crippen LogP contribution is -2.43. The van der Waals surface area contributed by atoms with E-state index < -0.39 is 17.5 Å². The summed E-state index contributed by atoms with van der Waals surface area (Å²) in [5, 5.41) is 5.57. The maximum Gasteiger partial charge on any atom is 0.325 e. The minimum atomic E-state index is -1.05. The van der Waals surface area contributed by atoms with Gasteiger partial charge in [-0.05, 0) is 41.7 Å². The second kappa shape index (κ2) is 6.51. The summed E-state index contributed by atoms with van der Waals surface area (Å²) >= 11 is 0. The summed E-state index contributed by atoms with van der Waals surface area (Å²) in [4.78, 5) is 39.0. The minimum Gasteiger partial charge on any atom is -0.454 e. The normalized spacial score (nSPS) is 21.4. The van der Waals surface area contributed by atoms with Gasteiger partial charge < -0.3 is 20.1 Å². The zero-order valence-electron chi connectivity index (χ0n) is 15.6. The van der Waals surface area contributed by atoms with Gasteiger partial charge in [0.25, 0.3) is 5.91 Å². The molecule has 148 valence electrons. The maximum atomic E-state index is 13.1. The van der Waals surface area contributed by atoms with Crippen molar-refractivity contribution >= 4 is 17.8 Å². The van der Waals surface area contributed by atoms with Crippen LogP contribution in [0.2, 0.25) is 0 Å². The van der Waals surface area contributed by atoms with Gasteiger partial charge >= 0.3 is 6.03 Å². The molecule has 8 heteroatoms. The van der Waals surface area contributed by atoms with Crippen molar-refractivity contribution in [2.24, 2.45) is 0 Å². The molecule has 2 aromatic rings. The molecule has 1 saturated heterocycles. The number of benzene rings is 2. The molecule has 4 amide bonds. The summed E-state index contributed by atoms with van der Waals surface area (Å²) in [5.41, 5.74) is 1.66. The molecule has 1 spiro atoms. The molecule has 0 aromatic heterocycles. The first kappa shape index (κ1) is 17.5. The van der Waals surface area contributed by atoms with Crippen molar-refractivity contribution in [3.63, 3.8) is 0 Å². The fourth-order valence-electron chi connectivity index (χ4n) is 4.18. The van der Waals surface area contributed by atoms with E-state index in [1.165, 1.54) is 0 Å². The van der Waals surface area contributed by atoms with Gasteiger partial charge in [-0.3, -0.25) is 14.5 Å². The van der Waals surface area contributed by atoms with Crippen LogP contribution in [0.3, 0.4) is 0 Å². The summed E-state index contributed by atoms with van der Waals surface area (Å²) in [5.74, 6) is 0.523. The molecule has 8 nitrogen and oxygen atoms in total. The number of hydrogen-bond donors (Lipinski definition) is 2. The third-order valence-electron chi connectivity index (χ3n) is 5.65. The minimum absolute atomic E-state index is 0.183. The highest BCUT2D eigenvalue weighted by atomic mass is 16.7. The molecular weight excluding hydrogens is 374 g/mol. The molecule has 2 heterocycles. The van der Waals surface area contributed by atoms with Crippen molar-refractivity contribution in [2.45, 2.75) is 24.9 Å². The quantitative estimate of drug-likeness (QED) is 0.766. The number of rotatable bonds is 4. The predicted octanol–water partition coefficient (Wildman–Crippen LogP) is 1.42. The summed E-state index contributed by atoms with van der Waals surface area (Å²) in [6, 6.07) is 12.5. The second-order valence-electron chi connectivity index (χ2n) is 7.35. The van der Waals surface area contributed by atoms with Crippen LogP contribution in [0.4, 0.5) is 4.79 Å². The SMILES string of the molecule is O=C(CN1C(=O)N[C@@]2(CCc3ccccc32)C1=O)NCc1ccc2c(c1)OCO2. The van der Waals surface area contributed by atoms with Gasteiger partial charge in [0.2, 0.25) is 12.7 Å². The molecule has 1 atom stereocenters. The number of hydrogen-bond acceptors (Lipinski definition) is 5. The number of urea groups is 1. The van der Waals surface area contributed by atoms with E-state index >= 15 is 0 Å². The van der Waals surface area contributed by atoms with Gasteiger partial charge in [0, 0.05) is 6.54 Å². The Labute approximate surface area is 166 Å². The molecular formula is C21H19N3O5. The maximum absolute atomic E-state index is 13.1. The molecule has 2 N–H and O–H groups in total. The molecule has 2 aromatic carbocycles. The van der Waals surface area contributed by atoms with Gasteiger partial charge in [-0.15, -0.1) is 0 Å². The molecule has 0 saturated carbocycles. The van der Waals surface area contributed by atoms with E-state index in [2.05, 4.69) is 10.6 Å². The number of fused-ring (bicyclic) bond motifs is 3. The Balaban J connectivity index is 1.26. The molecule has 2 aliphatic heterocycles. The molecule has 0 radical (unpaired) electrons. The van der Waals surface area contributed by atoms with Crippen molar-refractivity contribution in [1.82, 2.24) is 15.5 Å². The highest BCUT2D eigenvalue weighted by Crippen LogP contribution is 2.41. The predicted molar refractivity (Wildman–Crippen MR) is 101 cm³/mol. The Bertz CT molecular complexity index is 1040. The van der Waals surface area contributed by atoms with E-state index in [-0.39, 0.29) is 25.8 Å². The van der Waals surface area contributed by atoms with Crippen LogP contribution in [0, 0.1) is 0 Å². The third-order valence-corrected chi connectivity index (χ3v) is 5.65. The lowest BCUT2D eigenvalue weighted by molar-refractivity contribution is -0.135. The Morgan fingerprint density at radius 2 is 1.97 bits per heavy atom. The molecule has 5 rings (SSSR count). The number of ether oxygens (including phenoxy) is 2. The Hall–Kier alpha value is -3.55. The highest BCUT2D eigenvalue weighted by molar-refractivity contribution is 6.09. The van der Waals surface area contributed by atoms with Crippen LogP contribution in [-0.2, 0) is 28.1 Å². The lowest BCUT2D eigenvalue weighted by Gasteiger charge is -2.22. The topological polar surface area (TPSA) is 97.0 Å². The van der Waals surface area contributed by atoms with E-state index in [1.807, 2.05) is 30.3 Å². The summed E-state index contributed by atoms with van der Waals surface area (Å²) in [6.07, 6.45) is 1.22. The zero-order chi connectivity index (χ0) is 20.0. The Morgan fingerprint density at radius 3 is 2.86 bits per heavy atom. The molecule has 0 unspecified atom stereocenters. The van der Waals surface area contributed by atoms with Crippen LogP contribution in [0.5, 0.6) is 11.5 Å². The standard InChI is InChI=1S/C21H19N3O5/c25-18(22-10-13-5-6-16-17(9-13)29-12-28-16)11-24-19(26)21(23-20(24)27)8-7-14-3-1-2-4-15(14)21/h1-6,9H,7-8,10-12H2,(H,22,25)(H,23,27)/t21-/m1/s1. The number of aryl methyl sites for hydroxylation is 1. The first-order chi connectivity index (χ1) is 14.1. The summed E-state index contributed by atoms with van der Waals surface area (Å²) < 4.78 is 10.6. The zero-order valence-corrected chi connectivity index (χ0v) is 15.6. The lowest BCUT2D eigenvalue weighted by atomic mass is 9.92. The van der Waals surface area contributed by atoms with Gasteiger partial charge in [-0.25, -0.2) is 4.79 Å². The molecule has 29 heavy (non-hydrogen) atoms. The van der Waals surface area contributed by atoms with Crippen LogP contribution in [0.25, 0.3) is 0 Å². The van der Waals surface area contributed by atoms with Gasteiger partial charge in [-0.1, -0.05) is 30.3 Å². The van der Waals surface area contributed by atoms with E-state index in [0.717, 1.165) is 21.6 Å². The third kappa shape index (κ3) is 2.79. The average molecular weight is 393 g/mol. The Kier molecular flexibility index (Phi) is 3.94. The van der Waals surface area contributed by atoms with Crippen molar-refractivity contribution in [1.29, 1.82) is 0 Å². The van der Waals surface area contributed by atoms with Crippen LogP contribution in [0.1, 0.15) is 23.1 Å². The monoisotopic (exact) mass is 393 g/mol. The van der Waals surface area contributed by atoms with Crippen LogP contribution in [-0.4, -0.2) is 36.1 Å². The first-order valence-corrected chi connectivity index (χ1v) is 9.44. The highest BCUT2D eigenvalue weighted by Gasteiger charge is 2.55. The smallest absolute Gasteiger partial charge is 0.325 e. The van der Waals surface area contributed by atoms with E-state index in [1.54, 1.807) is 12.1 Å². The summed E-state index contributed by atoms with van der Waals surface area (Å²) in [7, 11) is 0. The largest absolute Gasteiger partial charge is 0.454 e. The Morgan fingerprint density at radius 1 is 1.14 bits per heavy atom. The number of carbonyl (C=O) groups is 3. The van der Waals surface area contributed by atoms with Crippen LogP contribution >= 0.6 is 0 Å². The van der Waals surface area contributed by atoms with Crippen LogP contribution < -0.4 is 20.1 Å². The molecule has 0 bridgehead atoms. The first-order valence-electron chi connectivity index (χ1n) is 9.44. The van der Waals surface area contributed by atoms with Gasteiger partial charge in [0.15, 0.2) is 11.5 Å². The van der Waals surface area contributed by atoms with Gasteiger partial charge in [0.1, 0.15) is 12.1 Å². The van der Waals surface area contributed by atoms with E-state index in [9.17, 15) is 14.4 Å². The molecule has 3 aliphatic rings. The molecule has 1 aliphatic carbocycles. The second-order valence-corrected chi connectivity index (χ2v) is 7.35. The molecule has 1 fully saturated rings. The van der Waals surface area contributed by atoms with Crippen molar-refractivity contribution < 1.29 is 23.9 Å². The van der Waals surface area contributed by atoms with Crippen molar-refractivity contribution in [3.8, 4) is 11.5 Å². The van der Waals surface area contributed by atoms with E-state index in [4.69, 9.17) is 9.47 Å². The van der Waals surface area contributed by atoms with Gasteiger partial charge in [0.05, 0.1) is 0 Å². The fourth-order valence-corrected chi connectivity index (χ4v) is 4.18. The average Bonchev–Trinajstić information content (AvgIpc) is 3.40. The van der Waals surface area contributed by atoms with Gasteiger partial charge in [-0.2, -0.15) is 0 Å². The number of carbonyl (C=O) groups excluding carboxylic acids is 3. The number of nitrogens with one attached hydrogen (secondary N) is 2. The fraction of sp³-hybridized carbons (Fsp3) is 0.286. The van der Waals surface area contributed by atoms with Crippen molar-refractivity contribution in [2.75, 3.05) is 13.3 Å².